The molecular formula is C16H13F3N6O2. The van der Waals surface area contributed by atoms with E-state index < -0.39 is 18.7 Å². The van der Waals surface area contributed by atoms with Crippen LogP contribution in [0.15, 0.2) is 42.6 Å². The number of alkyl halides is 3. The molecule has 2 aromatic heterocycles. The predicted molar refractivity (Wildman–Crippen MR) is 88.0 cm³/mol. The number of hydrogen-bond donors (Lipinski definition) is 1. The lowest BCUT2D eigenvalue weighted by atomic mass is 10.2. The first kappa shape index (κ1) is 18.3. The van der Waals surface area contributed by atoms with Crippen LogP contribution in [0.4, 0.5) is 18.9 Å². The third-order valence-corrected chi connectivity index (χ3v) is 3.38. The van der Waals surface area contributed by atoms with E-state index in [1.807, 2.05) is 0 Å². The Labute approximate surface area is 151 Å². The zero-order chi connectivity index (χ0) is 19.4. The lowest BCUT2D eigenvalue weighted by molar-refractivity contribution is -0.154. The van der Waals surface area contributed by atoms with Crippen molar-refractivity contribution in [1.29, 1.82) is 0 Å². The van der Waals surface area contributed by atoms with Gasteiger partial charge in [-0.1, -0.05) is 12.1 Å². The lowest BCUT2D eigenvalue weighted by Crippen LogP contribution is -2.19. The number of carbonyl (C=O) groups excluding carboxylic acids is 1. The molecule has 0 aliphatic rings. The van der Waals surface area contributed by atoms with Crippen LogP contribution in [0.25, 0.3) is 11.4 Å². The third-order valence-electron chi connectivity index (χ3n) is 3.38. The van der Waals surface area contributed by atoms with Gasteiger partial charge in [0.25, 0.3) is 5.91 Å². The fraction of sp³-hybridized carbons (Fsp3) is 0.188. The minimum Gasteiger partial charge on any atom is -0.468 e. The number of aromatic nitrogens is 5. The van der Waals surface area contributed by atoms with Crippen LogP contribution in [0.2, 0.25) is 0 Å². The number of rotatable bonds is 5. The van der Waals surface area contributed by atoms with Gasteiger partial charge < -0.3 is 10.1 Å². The molecule has 3 aromatic rings. The van der Waals surface area contributed by atoms with Crippen LogP contribution in [-0.4, -0.2) is 43.9 Å². The summed E-state index contributed by atoms with van der Waals surface area (Å²) < 4.78 is 42.4. The van der Waals surface area contributed by atoms with E-state index in [9.17, 15) is 18.0 Å². The second-order valence-corrected chi connectivity index (χ2v) is 5.45. The molecule has 0 saturated carbocycles. The number of hydrogen-bond acceptors (Lipinski definition) is 6. The number of halogens is 3. The van der Waals surface area contributed by atoms with E-state index in [0.29, 0.717) is 17.1 Å². The van der Waals surface area contributed by atoms with Gasteiger partial charge in [0.2, 0.25) is 5.88 Å². The van der Waals surface area contributed by atoms with Crippen LogP contribution in [0.1, 0.15) is 10.4 Å². The summed E-state index contributed by atoms with van der Waals surface area (Å²) in [7, 11) is 1.69. The van der Waals surface area contributed by atoms with Crippen molar-refractivity contribution in [2.45, 2.75) is 6.18 Å². The highest BCUT2D eigenvalue weighted by Crippen LogP contribution is 2.21. The van der Waals surface area contributed by atoms with Crippen molar-refractivity contribution in [1.82, 2.24) is 25.2 Å². The van der Waals surface area contributed by atoms with Gasteiger partial charge in [-0.25, -0.2) is 9.67 Å². The lowest BCUT2D eigenvalue weighted by Gasteiger charge is -2.09. The van der Waals surface area contributed by atoms with Crippen molar-refractivity contribution >= 4 is 11.6 Å². The highest BCUT2D eigenvalue weighted by molar-refractivity contribution is 6.04. The normalized spacial score (nSPS) is 11.3. The van der Waals surface area contributed by atoms with E-state index >= 15 is 0 Å². The second kappa shape index (κ2) is 7.40. The molecule has 0 unspecified atom stereocenters. The molecule has 140 valence electrons. The molecule has 0 spiro atoms. The van der Waals surface area contributed by atoms with Gasteiger partial charge in [-0.05, 0) is 28.6 Å². The van der Waals surface area contributed by atoms with E-state index in [0.717, 1.165) is 6.20 Å². The number of anilines is 1. The number of carbonyl (C=O) groups is 1. The number of amides is 1. The van der Waals surface area contributed by atoms with Gasteiger partial charge >= 0.3 is 6.18 Å². The Morgan fingerprint density at radius 3 is 2.70 bits per heavy atom. The molecule has 8 nitrogen and oxygen atoms in total. The van der Waals surface area contributed by atoms with Gasteiger partial charge in [0, 0.05) is 30.6 Å². The monoisotopic (exact) mass is 378 g/mol. The molecule has 0 bridgehead atoms. The Bertz CT molecular complexity index is 940. The molecule has 2 heterocycles. The van der Waals surface area contributed by atoms with E-state index in [1.165, 1.54) is 16.8 Å². The first-order valence-electron chi connectivity index (χ1n) is 7.61. The summed E-state index contributed by atoms with van der Waals surface area (Å²) in [5, 5.41) is 13.9. The number of nitrogens with one attached hydrogen (secondary N) is 1. The Hall–Kier alpha value is -3.50. The Kier molecular flexibility index (Phi) is 5.01. The fourth-order valence-corrected chi connectivity index (χ4v) is 2.17. The minimum atomic E-state index is -4.46. The zero-order valence-corrected chi connectivity index (χ0v) is 13.9. The summed E-state index contributed by atoms with van der Waals surface area (Å²) in [4.78, 5) is 16.0. The molecule has 3 rings (SSSR count). The molecule has 0 atom stereocenters. The molecule has 1 amide bonds. The molecule has 0 aliphatic heterocycles. The third kappa shape index (κ3) is 4.77. The van der Waals surface area contributed by atoms with Crippen LogP contribution in [0.3, 0.4) is 0 Å². The number of nitrogens with zero attached hydrogens (tertiary/aromatic N) is 5. The summed E-state index contributed by atoms with van der Waals surface area (Å²) >= 11 is 0. The predicted octanol–water partition coefficient (Wildman–Crippen LogP) is 2.47. The van der Waals surface area contributed by atoms with E-state index in [-0.39, 0.29) is 11.4 Å². The first-order chi connectivity index (χ1) is 12.8. The highest BCUT2D eigenvalue weighted by Gasteiger charge is 2.28. The molecule has 0 saturated heterocycles. The zero-order valence-electron chi connectivity index (χ0n) is 13.9. The summed E-state index contributed by atoms with van der Waals surface area (Å²) in [6.07, 6.45) is -3.32. The van der Waals surface area contributed by atoms with Crippen LogP contribution >= 0.6 is 0 Å². The molecule has 11 heteroatoms. The average Bonchev–Trinajstić information content (AvgIpc) is 3.06. The minimum absolute atomic E-state index is 0.167. The smallest absolute Gasteiger partial charge is 0.422 e. The van der Waals surface area contributed by atoms with Crippen molar-refractivity contribution in [3.63, 3.8) is 0 Å². The molecule has 0 aliphatic carbocycles. The maximum absolute atomic E-state index is 12.3. The Morgan fingerprint density at radius 1 is 1.26 bits per heavy atom. The number of pyridine rings is 1. The molecular weight excluding hydrogens is 365 g/mol. The van der Waals surface area contributed by atoms with Crippen LogP contribution in [-0.2, 0) is 7.05 Å². The SMILES string of the molecule is Cn1nnnc1-c1cccc(NC(=O)c2ccc(OCC(F)(F)F)nc2)c1. The standard InChI is InChI=1S/C16H13F3N6O2/c1-25-14(22-23-24-25)10-3-2-4-12(7-10)21-15(26)11-5-6-13(20-8-11)27-9-16(17,18)19/h2-8H,9H2,1H3,(H,21,26). The van der Waals surface area contributed by atoms with Gasteiger partial charge in [-0.3, -0.25) is 4.79 Å². The van der Waals surface area contributed by atoms with Gasteiger partial charge in [0.15, 0.2) is 12.4 Å². The molecule has 0 fully saturated rings. The van der Waals surface area contributed by atoms with Gasteiger partial charge in [-0.15, -0.1) is 5.10 Å². The topological polar surface area (TPSA) is 94.8 Å². The highest BCUT2D eigenvalue weighted by atomic mass is 19.4. The Balaban J connectivity index is 1.68. The average molecular weight is 378 g/mol. The van der Waals surface area contributed by atoms with Crippen molar-refractivity contribution in [2.75, 3.05) is 11.9 Å². The van der Waals surface area contributed by atoms with Crippen LogP contribution < -0.4 is 10.1 Å². The number of aryl methyl sites for hydroxylation is 1. The summed E-state index contributed by atoms with van der Waals surface area (Å²) in [5.41, 5.74) is 1.37. The maximum Gasteiger partial charge on any atom is 0.422 e. The second-order valence-electron chi connectivity index (χ2n) is 5.45. The first-order valence-corrected chi connectivity index (χ1v) is 7.61. The number of tetrazole rings is 1. The Morgan fingerprint density at radius 2 is 2.07 bits per heavy atom. The maximum atomic E-state index is 12.3. The quantitative estimate of drug-likeness (QED) is 0.733. The molecule has 1 aromatic carbocycles. The van der Waals surface area contributed by atoms with Crippen molar-refractivity contribution in [3.05, 3.63) is 48.2 Å². The van der Waals surface area contributed by atoms with E-state index in [4.69, 9.17) is 0 Å². The largest absolute Gasteiger partial charge is 0.468 e. The molecule has 0 radical (unpaired) electrons. The van der Waals surface area contributed by atoms with Crippen molar-refractivity contribution < 1.29 is 22.7 Å². The van der Waals surface area contributed by atoms with Gasteiger partial charge in [0.1, 0.15) is 0 Å². The number of ether oxygens (including phenoxy) is 1. The van der Waals surface area contributed by atoms with Crippen molar-refractivity contribution in [3.8, 4) is 17.3 Å². The van der Waals surface area contributed by atoms with E-state index in [1.54, 1.807) is 31.3 Å². The van der Waals surface area contributed by atoms with Gasteiger partial charge in [0.05, 0.1) is 5.56 Å². The summed E-state index contributed by atoms with van der Waals surface area (Å²) in [6.45, 7) is -1.45. The summed E-state index contributed by atoms with van der Waals surface area (Å²) in [5.74, 6) is -0.169. The van der Waals surface area contributed by atoms with Crippen LogP contribution in [0, 0.1) is 0 Å². The van der Waals surface area contributed by atoms with Crippen LogP contribution in [0.5, 0.6) is 5.88 Å². The fourth-order valence-electron chi connectivity index (χ4n) is 2.17. The molecule has 1 N–H and O–H groups in total. The van der Waals surface area contributed by atoms with E-state index in [2.05, 4.69) is 30.6 Å². The van der Waals surface area contributed by atoms with Gasteiger partial charge in [-0.2, -0.15) is 13.2 Å². The summed E-state index contributed by atoms with van der Waals surface area (Å²) in [6, 6.07) is 9.41. The number of benzene rings is 1. The molecule has 27 heavy (non-hydrogen) atoms. The van der Waals surface area contributed by atoms with Crippen molar-refractivity contribution in [2.24, 2.45) is 7.05 Å².